The average molecular weight is 264 g/mol. The summed E-state index contributed by atoms with van der Waals surface area (Å²) in [6.45, 7) is 3.03. The van der Waals surface area contributed by atoms with Crippen molar-refractivity contribution in [2.75, 3.05) is 6.54 Å². The molecule has 0 amide bonds. The summed E-state index contributed by atoms with van der Waals surface area (Å²) in [6.07, 6.45) is 12.3. The van der Waals surface area contributed by atoms with E-state index in [1.807, 2.05) is 6.20 Å². The Morgan fingerprint density at radius 3 is 2.53 bits per heavy atom. The van der Waals surface area contributed by atoms with E-state index in [-0.39, 0.29) is 11.9 Å². The van der Waals surface area contributed by atoms with Crippen molar-refractivity contribution in [1.29, 1.82) is 0 Å². The molecular formula is C16H25FN2. The molecule has 1 aromatic heterocycles. The summed E-state index contributed by atoms with van der Waals surface area (Å²) in [7, 11) is 0. The fourth-order valence-corrected chi connectivity index (χ4v) is 3.20. The number of halogens is 1. The maximum atomic E-state index is 13.4. The normalized spacial score (nSPS) is 19.7. The molecule has 0 bridgehead atoms. The van der Waals surface area contributed by atoms with Crippen LogP contribution in [0.5, 0.6) is 0 Å². The molecule has 1 saturated carbocycles. The number of rotatable bonds is 4. The van der Waals surface area contributed by atoms with Crippen molar-refractivity contribution in [1.82, 2.24) is 10.3 Å². The molecule has 1 aromatic rings. The summed E-state index contributed by atoms with van der Waals surface area (Å²) in [5.41, 5.74) is 1.01. The fraction of sp³-hybridized carbons (Fsp3) is 0.688. The van der Waals surface area contributed by atoms with E-state index in [9.17, 15) is 4.39 Å². The zero-order valence-electron chi connectivity index (χ0n) is 11.9. The predicted molar refractivity (Wildman–Crippen MR) is 76.4 cm³/mol. The molecule has 1 heterocycles. The number of hydrogen-bond acceptors (Lipinski definition) is 2. The Kier molecular flexibility index (Phi) is 5.77. The molecule has 0 saturated heterocycles. The van der Waals surface area contributed by atoms with Gasteiger partial charge in [0, 0.05) is 12.2 Å². The Hall–Kier alpha value is -0.960. The highest BCUT2D eigenvalue weighted by atomic mass is 19.1. The van der Waals surface area contributed by atoms with Crippen LogP contribution in [0.1, 0.15) is 63.5 Å². The van der Waals surface area contributed by atoms with Crippen LogP contribution in [-0.4, -0.2) is 11.5 Å². The van der Waals surface area contributed by atoms with Gasteiger partial charge >= 0.3 is 0 Å². The van der Waals surface area contributed by atoms with Gasteiger partial charge in [-0.25, -0.2) is 4.39 Å². The van der Waals surface area contributed by atoms with Gasteiger partial charge < -0.3 is 5.32 Å². The monoisotopic (exact) mass is 264 g/mol. The van der Waals surface area contributed by atoms with Gasteiger partial charge in [0.05, 0.1) is 6.20 Å². The number of nitrogens with zero attached hydrogens (tertiary/aromatic N) is 1. The quantitative estimate of drug-likeness (QED) is 0.880. The summed E-state index contributed by atoms with van der Waals surface area (Å²) in [5, 5.41) is 3.54. The van der Waals surface area contributed by atoms with E-state index in [0.717, 1.165) is 12.1 Å². The summed E-state index contributed by atoms with van der Waals surface area (Å²) in [6, 6.07) is 1.89. The lowest BCUT2D eigenvalue weighted by atomic mass is 9.83. The Labute approximate surface area is 115 Å². The first-order valence-corrected chi connectivity index (χ1v) is 7.65. The van der Waals surface area contributed by atoms with Gasteiger partial charge in [0.25, 0.3) is 0 Å². The molecule has 0 aromatic carbocycles. The molecule has 0 aliphatic heterocycles. The van der Waals surface area contributed by atoms with Crippen molar-refractivity contribution in [2.24, 2.45) is 5.92 Å². The van der Waals surface area contributed by atoms with Crippen LogP contribution in [0, 0.1) is 11.7 Å². The van der Waals surface area contributed by atoms with E-state index in [0.29, 0.717) is 5.92 Å². The number of nitrogens with one attached hydrogen (secondary N) is 1. The highest BCUT2D eigenvalue weighted by Crippen LogP contribution is 2.32. The smallest absolute Gasteiger partial charge is 0.141 e. The van der Waals surface area contributed by atoms with Crippen LogP contribution in [0.2, 0.25) is 0 Å². The van der Waals surface area contributed by atoms with Gasteiger partial charge in [0.1, 0.15) is 5.82 Å². The summed E-state index contributed by atoms with van der Waals surface area (Å²) in [4.78, 5) is 4.01. The van der Waals surface area contributed by atoms with E-state index < -0.39 is 0 Å². The zero-order valence-corrected chi connectivity index (χ0v) is 11.9. The first kappa shape index (κ1) is 14.4. The molecule has 0 spiro atoms. The molecule has 1 aliphatic carbocycles. The second kappa shape index (κ2) is 7.59. The van der Waals surface area contributed by atoms with Crippen LogP contribution in [0.25, 0.3) is 0 Å². The Morgan fingerprint density at radius 1 is 1.21 bits per heavy atom. The molecule has 1 N–H and O–H groups in total. The average Bonchev–Trinajstić information content (AvgIpc) is 2.36. The third-order valence-electron chi connectivity index (χ3n) is 4.13. The lowest BCUT2D eigenvalue weighted by Gasteiger charge is -2.29. The highest BCUT2D eigenvalue weighted by molar-refractivity contribution is 5.16. The van der Waals surface area contributed by atoms with E-state index in [4.69, 9.17) is 0 Å². The minimum Gasteiger partial charge on any atom is -0.310 e. The summed E-state index contributed by atoms with van der Waals surface area (Å²) in [5.74, 6) is 0.384. The van der Waals surface area contributed by atoms with Crippen molar-refractivity contribution in [3.8, 4) is 0 Å². The maximum absolute atomic E-state index is 13.4. The lowest BCUT2D eigenvalue weighted by molar-refractivity contribution is 0.290. The molecule has 1 aliphatic rings. The van der Waals surface area contributed by atoms with Gasteiger partial charge in [-0.1, -0.05) is 39.0 Å². The topological polar surface area (TPSA) is 24.9 Å². The lowest BCUT2D eigenvalue weighted by Crippen LogP contribution is -2.29. The first-order valence-electron chi connectivity index (χ1n) is 7.65. The van der Waals surface area contributed by atoms with Crippen molar-refractivity contribution in [2.45, 2.75) is 57.9 Å². The molecule has 1 unspecified atom stereocenters. The van der Waals surface area contributed by atoms with Crippen LogP contribution in [0.3, 0.4) is 0 Å². The Balaban J connectivity index is 2.13. The standard InChI is InChI=1S/C16H25FN2/c1-2-19-16(14-10-15(17)12-18-11-14)13-8-6-4-3-5-7-9-13/h10-13,16,19H,2-9H2,1H3. The molecule has 1 atom stereocenters. The van der Waals surface area contributed by atoms with E-state index >= 15 is 0 Å². The molecule has 106 valence electrons. The minimum absolute atomic E-state index is 0.230. The molecule has 2 nitrogen and oxygen atoms in total. The predicted octanol–water partition coefficient (Wildman–Crippen LogP) is 4.23. The maximum Gasteiger partial charge on any atom is 0.141 e. The van der Waals surface area contributed by atoms with Crippen molar-refractivity contribution >= 4 is 0 Å². The molecular weight excluding hydrogens is 239 g/mol. The van der Waals surface area contributed by atoms with E-state index in [2.05, 4.69) is 17.2 Å². The highest BCUT2D eigenvalue weighted by Gasteiger charge is 2.23. The summed E-state index contributed by atoms with van der Waals surface area (Å²) >= 11 is 0. The van der Waals surface area contributed by atoms with Crippen molar-refractivity contribution < 1.29 is 4.39 Å². The molecule has 2 rings (SSSR count). The third kappa shape index (κ3) is 4.27. The first-order chi connectivity index (χ1) is 9.31. The Bertz CT molecular complexity index is 373. The molecule has 3 heteroatoms. The van der Waals surface area contributed by atoms with Gasteiger partial charge in [-0.2, -0.15) is 0 Å². The van der Waals surface area contributed by atoms with E-state index in [1.165, 1.54) is 51.1 Å². The van der Waals surface area contributed by atoms with Crippen LogP contribution in [0.4, 0.5) is 4.39 Å². The third-order valence-corrected chi connectivity index (χ3v) is 4.13. The Morgan fingerprint density at radius 2 is 1.89 bits per heavy atom. The van der Waals surface area contributed by atoms with Gasteiger partial charge in [0.2, 0.25) is 0 Å². The van der Waals surface area contributed by atoms with Gasteiger partial charge in [0.15, 0.2) is 0 Å². The van der Waals surface area contributed by atoms with Crippen LogP contribution < -0.4 is 5.32 Å². The van der Waals surface area contributed by atoms with Gasteiger partial charge in [-0.15, -0.1) is 0 Å². The van der Waals surface area contributed by atoms with Crippen LogP contribution in [-0.2, 0) is 0 Å². The SMILES string of the molecule is CCNC(c1cncc(F)c1)C1CCCCCCC1. The van der Waals surface area contributed by atoms with Crippen molar-refractivity contribution in [3.05, 3.63) is 29.8 Å². The summed E-state index contributed by atoms with van der Waals surface area (Å²) < 4.78 is 13.4. The van der Waals surface area contributed by atoms with Crippen LogP contribution >= 0.6 is 0 Å². The molecule has 19 heavy (non-hydrogen) atoms. The zero-order chi connectivity index (χ0) is 13.5. The number of hydrogen-bond donors (Lipinski definition) is 1. The largest absolute Gasteiger partial charge is 0.310 e. The second-order valence-electron chi connectivity index (χ2n) is 5.58. The number of pyridine rings is 1. The molecule has 0 radical (unpaired) electrons. The number of aromatic nitrogens is 1. The minimum atomic E-state index is -0.230. The van der Waals surface area contributed by atoms with E-state index in [1.54, 1.807) is 6.07 Å². The van der Waals surface area contributed by atoms with Gasteiger partial charge in [-0.05, 0) is 36.9 Å². The fourth-order valence-electron chi connectivity index (χ4n) is 3.20. The van der Waals surface area contributed by atoms with Crippen LogP contribution in [0.15, 0.2) is 18.5 Å². The van der Waals surface area contributed by atoms with Gasteiger partial charge in [-0.3, -0.25) is 4.98 Å². The molecule has 1 fully saturated rings. The van der Waals surface area contributed by atoms with Crippen molar-refractivity contribution in [3.63, 3.8) is 0 Å². The second-order valence-corrected chi connectivity index (χ2v) is 5.58.